The summed E-state index contributed by atoms with van der Waals surface area (Å²) in [4.78, 5) is 28.4. The van der Waals surface area contributed by atoms with Gasteiger partial charge in [0.25, 0.3) is 0 Å². The van der Waals surface area contributed by atoms with Gasteiger partial charge in [0.05, 0.1) is 13.2 Å². The molecule has 0 aliphatic rings. The molecule has 0 N–H and O–H groups in total. The van der Waals surface area contributed by atoms with Gasteiger partial charge < -0.3 is 9.64 Å². The molecule has 1 atom stereocenters. The van der Waals surface area contributed by atoms with Crippen LogP contribution in [0, 0.1) is 5.41 Å². The second kappa shape index (κ2) is 8.37. The van der Waals surface area contributed by atoms with Gasteiger partial charge in [0.15, 0.2) is 5.78 Å². The van der Waals surface area contributed by atoms with Crippen molar-refractivity contribution >= 4 is 11.8 Å². The number of esters is 1. The number of carbonyl (C=O) groups is 2. The van der Waals surface area contributed by atoms with Crippen molar-refractivity contribution in [2.45, 2.75) is 40.7 Å². The fourth-order valence-corrected chi connectivity index (χ4v) is 2.03. The first-order chi connectivity index (χ1) is 9.16. The summed E-state index contributed by atoms with van der Waals surface area (Å²) in [6.07, 6.45) is 0. The minimum atomic E-state index is -1.08. The van der Waals surface area contributed by atoms with Gasteiger partial charge in [0.1, 0.15) is 5.41 Å². The van der Waals surface area contributed by atoms with E-state index in [-0.39, 0.29) is 18.4 Å². The Morgan fingerprint density at radius 2 is 1.75 bits per heavy atom. The van der Waals surface area contributed by atoms with Gasteiger partial charge in [-0.15, -0.1) is 0 Å². The van der Waals surface area contributed by atoms with Gasteiger partial charge in [-0.05, 0) is 48.3 Å². The van der Waals surface area contributed by atoms with Crippen LogP contribution >= 0.6 is 0 Å². The fraction of sp³-hybridized carbons (Fsp3) is 0.867. The van der Waals surface area contributed by atoms with Crippen LogP contribution in [0.1, 0.15) is 34.6 Å². The maximum absolute atomic E-state index is 12.4. The highest BCUT2D eigenvalue weighted by Crippen LogP contribution is 2.20. The Morgan fingerprint density at radius 3 is 2.15 bits per heavy atom. The lowest BCUT2D eigenvalue weighted by molar-refractivity contribution is -0.158. The van der Waals surface area contributed by atoms with E-state index in [4.69, 9.17) is 4.74 Å². The molecule has 1 unspecified atom stereocenters. The normalized spacial score (nSPS) is 13.7. The third-order valence-corrected chi connectivity index (χ3v) is 3.49. The number of nitrogens with zero attached hydrogens (tertiary/aromatic N) is 2. The molecule has 0 radical (unpaired) electrons. The second-order valence-electron chi connectivity index (χ2n) is 5.94. The summed E-state index contributed by atoms with van der Waals surface area (Å²) in [5.74, 6) is -0.537. The van der Waals surface area contributed by atoms with Gasteiger partial charge in [-0.2, -0.15) is 0 Å². The molecule has 118 valence electrons. The Hall–Kier alpha value is -0.940. The van der Waals surface area contributed by atoms with Crippen LogP contribution < -0.4 is 0 Å². The molecule has 0 aromatic carbocycles. The van der Waals surface area contributed by atoms with Crippen LogP contribution in [0.4, 0.5) is 0 Å². The molecule has 5 heteroatoms. The summed E-state index contributed by atoms with van der Waals surface area (Å²) in [6, 6.07) is 0.261. The van der Waals surface area contributed by atoms with Crippen molar-refractivity contribution in [1.82, 2.24) is 9.80 Å². The number of hydrogen-bond acceptors (Lipinski definition) is 5. The van der Waals surface area contributed by atoms with Crippen molar-refractivity contribution < 1.29 is 14.3 Å². The van der Waals surface area contributed by atoms with Gasteiger partial charge in [-0.25, -0.2) is 0 Å². The monoisotopic (exact) mass is 286 g/mol. The van der Waals surface area contributed by atoms with Crippen LogP contribution in [0.2, 0.25) is 0 Å². The van der Waals surface area contributed by atoms with E-state index in [9.17, 15) is 9.59 Å². The van der Waals surface area contributed by atoms with E-state index in [1.54, 1.807) is 20.8 Å². The van der Waals surface area contributed by atoms with E-state index in [0.717, 1.165) is 13.1 Å². The third kappa shape index (κ3) is 5.59. The Kier molecular flexibility index (Phi) is 7.98. The summed E-state index contributed by atoms with van der Waals surface area (Å²) >= 11 is 0. The smallest absolute Gasteiger partial charge is 0.319 e. The molecule has 0 saturated heterocycles. The van der Waals surface area contributed by atoms with Crippen molar-refractivity contribution in [2.24, 2.45) is 5.41 Å². The van der Waals surface area contributed by atoms with E-state index in [2.05, 4.69) is 16.7 Å². The third-order valence-electron chi connectivity index (χ3n) is 3.49. The first kappa shape index (κ1) is 19.1. The number of carbonyl (C=O) groups excluding carboxylic acids is 2. The lowest BCUT2D eigenvalue weighted by Gasteiger charge is -2.31. The number of likely N-dealkylation sites (N-methyl/N-ethyl adjacent to an activating group) is 2. The second-order valence-corrected chi connectivity index (χ2v) is 5.94. The van der Waals surface area contributed by atoms with Gasteiger partial charge in [-0.1, -0.05) is 6.92 Å². The van der Waals surface area contributed by atoms with Crippen molar-refractivity contribution in [2.75, 3.05) is 40.3 Å². The van der Waals surface area contributed by atoms with E-state index in [0.29, 0.717) is 6.61 Å². The molecular weight excluding hydrogens is 256 g/mol. The lowest BCUT2D eigenvalue weighted by atomic mass is 9.87. The highest BCUT2D eigenvalue weighted by Gasteiger charge is 2.38. The predicted octanol–water partition coefficient (Wildman–Crippen LogP) is 1.42. The number of ether oxygens (including phenoxy) is 1. The van der Waals surface area contributed by atoms with Crippen LogP contribution in [0.3, 0.4) is 0 Å². The molecule has 0 spiro atoms. The number of ketones is 1. The topological polar surface area (TPSA) is 49.9 Å². The van der Waals surface area contributed by atoms with Crippen molar-refractivity contribution in [3.63, 3.8) is 0 Å². The minimum absolute atomic E-state index is 0.0941. The van der Waals surface area contributed by atoms with Gasteiger partial charge in [-0.3, -0.25) is 14.5 Å². The maximum atomic E-state index is 12.4. The summed E-state index contributed by atoms with van der Waals surface area (Å²) in [6.45, 7) is 11.4. The molecule has 20 heavy (non-hydrogen) atoms. The zero-order chi connectivity index (χ0) is 15.9. The largest absolute Gasteiger partial charge is 0.465 e. The van der Waals surface area contributed by atoms with Gasteiger partial charge >= 0.3 is 5.97 Å². The van der Waals surface area contributed by atoms with E-state index >= 15 is 0 Å². The number of hydrogen-bond donors (Lipinski definition) is 0. The van der Waals surface area contributed by atoms with E-state index in [1.165, 1.54) is 0 Å². The summed E-state index contributed by atoms with van der Waals surface area (Å²) in [5.41, 5.74) is -1.08. The molecule has 0 heterocycles. The van der Waals surface area contributed by atoms with Gasteiger partial charge in [0, 0.05) is 12.6 Å². The average molecular weight is 286 g/mol. The molecule has 0 fully saturated rings. The lowest BCUT2D eigenvalue weighted by Crippen LogP contribution is -2.47. The molecule has 0 aromatic rings. The SMILES string of the molecule is CCOC(=O)C(C)(C)C(=O)CN(CC)C(C)CN(C)C. The first-order valence-corrected chi connectivity index (χ1v) is 7.26. The number of Topliss-reactive ketones (excluding diaryl/α,β-unsaturated/α-hetero) is 1. The fourth-order valence-electron chi connectivity index (χ4n) is 2.03. The van der Waals surface area contributed by atoms with Gasteiger partial charge in [0.2, 0.25) is 0 Å². The average Bonchev–Trinajstić information content (AvgIpc) is 2.34. The maximum Gasteiger partial charge on any atom is 0.319 e. The zero-order valence-electron chi connectivity index (χ0n) is 14.0. The van der Waals surface area contributed by atoms with Crippen molar-refractivity contribution in [3.8, 4) is 0 Å². The number of rotatable bonds is 9. The van der Waals surface area contributed by atoms with E-state index < -0.39 is 11.4 Å². The summed E-state index contributed by atoms with van der Waals surface area (Å²) in [5, 5.41) is 0. The Bertz CT molecular complexity index is 327. The van der Waals surface area contributed by atoms with Crippen LogP contribution in [0.5, 0.6) is 0 Å². The summed E-state index contributed by atoms with van der Waals surface area (Å²) in [7, 11) is 4.02. The van der Waals surface area contributed by atoms with Crippen LogP contribution in [-0.4, -0.2) is 67.9 Å². The molecule has 0 aliphatic carbocycles. The van der Waals surface area contributed by atoms with Crippen molar-refractivity contribution in [1.29, 1.82) is 0 Å². The molecule has 5 nitrogen and oxygen atoms in total. The molecule has 0 saturated carbocycles. The zero-order valence-corrected chi connectivity index (χ0v) is 14.0. The van der Waals surface area contributed by atoms with Crippen LogP contribution in [-0.2, 0) is 14.3 Å². The molecule has 0 aliphatic heterocycles. The standard InChI is InChI=1S/C15H30N2O3/c1-8-17(12(3)10-16(6)7)11-13(18)15(4,5)14(19)20-9-2/h12H,8-11H2,1-7H3. The highest BCUT2D eigenvalue weighted by atomic mass is 16.5. The molecule has 0 amide bonds. The predicted molar refractivity (Wildman–Crippen MR) is 80.7 cm³/mol. The molecule has 0 bridgehead atoms. The van der Waals surface area contributed by atoms with Crippen molar-refractivity contribution in [3.05, 3.63) is 0 Å². The molecule has 0 aromatic heterocycles. The molecular formula is C15H30N2O3. The Labute approximate surface area is 123 Å². The summed E-state index contributed by atoms with van der Waals surface area (Å²) < 4.78 is 4.98. The Balaban J connectivity index is 4.73. The minimum Gasteiger partial charge on any atom is -0.465 e. The highest BCUT2D eigenvalue weighted by molar-refractivity contribution is 6.03. The first-order valence-electron chi connectivity index (χ1n) is 7.26. The van der Waals surface area contributed by atoms with Crippen LogP contribution in [0.15, 0.2) is 0 Å². The van der Waals surface area contributed by atoms with E-state index in [1.807, 2.05) is 21.0 Å². The van der Waals surface area contributed by atoms with Crippen LogP contribution in [0.25, 0.3) is 0 Å². The quantitative estimate of drug-likeness (QED) is 0.474. The molecule has 0 rings (SSSR count). The Morgan fingerprint density at radius 1 is 1.20 bits per heavy atom.